The summed E-state index contributed by atoms with van der Waals surface area (Å²) >= 11 is 0. The fourth-order valence-corrected chi connectivity index (χ4v) is 1.93. The summed E-state index contributed by atoms with van der Waals surface area (Å²) in [7, 11) is -3.25. The van der Waals surface area contributed by atoms with Gasteiger partial charge in [-0.3, -0.25) is 0 Å². The highest BCUT2D eigenvalue weighted by molar-refractivity contribution is 7.88. The highest BCUT2D eigenvalue weighted by Gasteiger charge is 2.14. The lowest BCUT2D eigenvalue weighted by Gasteiger charge is -2.18. The Kier molecular flexibility index (Phi) is 5.74. The molecule has 0 aliphatic heterocycles. The SMILES string of the molecule is Cc1ccc(C(CNS(C)(=O)=O)OCCO)cc1. The fraction of sp³-hybridized carbons (Fsp3) is 0.500. The van der Waals surface area contributed by atoms with Crippen molar-refractivity contribution < 1.29 is 18.3 Å². The van der Waals surface area contributed by atoms with Gasteiger partial charge in [0.05, 0.1) is 25.6 Å². The summed E-state index contributed by atoms with van der Waals surface area (Å²) in [5.41, 5.74) is 2.00. The average Bonchev–Trinajstić information content (AvgIpc) is 2.29. The second kappa shape index (κ2) is 6.84. The molecule has 0 radical (unpaired) electrons. The fourth-order valence-electron chi connectivity index (χ4n) is 1.48. The van der Waals surface area contributed by atoms with E-state index >= 15 is 0 Å². The minimum atomic E-state index is -3.25. The molecular weight excluding hydrogens is 254 g/mol. The van der Waals surface area contributed by atoms with E-state index in [-0.39, 0.29) is 19.8 Å². The maximum absolute atomic E-state index is 11.1. The molecule has 5 nitrogen and oxygen atoms in total. The summed E-state index contributed by atoms with van der Waals surface area (Å²) in [6.07, 6.45) is 0.707. The van der Waals surface area contributed by atoms with Gasteiger partial charge >= 0.3 is 0 Å². The molecule has 0 saturated carbocycles. The number of aliphatic hydroxyl groups excluding tert-OH is 1. The number of aliphatic hydroxyl groups is 1. The molecule has 0 fully saturated rings. The van der Waals surface area contributed by atoms with Gasteiger partial charge < -0.3 is 9.84 Å². The van der Waals surface area contributed by atoms with Gasteiger partial charge in [0.1, 0.15) is 0 Å². The number of hydrogen-bond acceptors (Lipinski definition) is 4. The van der Waals surface area contributed by atoms with Gasteiger partial charge in [0.25, 0.3) is 0 Å². The highest BCUT2D eigenvalue weighted by atomic mass is 32.2. The van der Waals surface area contributed by atoms with E-state index in [0.717, 1.165) is 17.4 Å². The van der Waals surface area contributed by atoms with Crippen LogP contribution in [0.1, 0.15) is 17.2 Å². The van der Waals surface area contributed by atoms with Crippen LogP contribution in [0.25, 0.3) is 0 Å². The Bertz CT molecular complexity index is 455. The molecule has 0 aliphatic carbocycles. The van der Waals surface area contributed by atoms with Crippen LogP contribution in [0.3, 0.4) is 0 Å². The summed E-state index contributed by atoms with van der Waals surface area (Å²) in [6.45, 7) is 2.20. The third-order valence-corrected chi connectivity index (χ3v) is 3.08. The number of ether oxygens (including phenoxy) is 1. The smallest absolute Gasteiger partial charge is 0.208 e. The minimum absolute atomic E-state index is 0.0960. The van der Waals surface area contributed by atoms with E-state index in [0.29, 0.717) is 0 Å². The largest absolute Gasteiger partial charge is 0.394 e. The molecule has 0 saturated heterocycles. The van der Waals surface area contributed by atoms with Crippen LogP contribution >= 0.6 is 0 Å². The van der Waals surface area contributed by atoms with Crippen LogP contribution in [0.15, 0.2) is 24.3 Å². The van der Waals surface area contributed by atoms with Gasteiger partial charge in [-0.2, -0.15) is 0 Å². The van der Waals surface area contributed by atoms with E-state index in [2.05, 4.69) is 4.72 Å². The second-order valence-corrected chi connectivity index (χ2v) is 5.95. The number of aryl methyl sites for hydroxylation is 1. The molecule has 1 aromatic rings. The summed E-state index contributed by atoms with van der Waals surface area (Å²) < 4.78 is 30.0. The van der Waals surface area contributed by atoms with Crippen molar-refractivity contribution in [3.8, 4) is 0 Å². The van der Waals surface area contributed by atoms with E-state index in [1.54, 1.807) is 0 Å². The van der Waals surface area contributed by atoms with Crippen LogP contribution in [0.4, 0.5) is 0 Å². The summed E-state index contributed by atoms with van der Waals surface area (Å²) in [4.78, 5) is 0. The van der Waals surface area contributed by atoms with E-state index < -0.39 is 16.1 Å². The van der Waals surface area contributed by atoms with Gasteiger partial charge in [0.2, 0.25) is 10.0 Å². The Morgan fingerprint density at radius 2 is 1.94 bits per heavy atom. The van der Waals surface area contributed by atoms with Crippen molar-refractivity contribution in [2.24, 2.45) is 0 Å². The molecule has 1 atom stereocenters. The Balaban J connectivity index is 2.74. The summed E-state index contributed by atoms with van der Waals surface area (Å²) in [6, 6.07) is 7.65. The van der Waals surface area contributed by atoms with E-state index in [1.165, 1.54) is 0 Å². The lowest BCUT2D eigenvalue weighted by molar-refractivity contribution is 0.0309. The molecule has 0 amide bonds. The molecule has 6 heteroatoms. The van der Waals surface area contributed by atoms with Gasteiger partial charge in [-0.25, -0.2) is 13.1 Å². The number of benzene rings is 1. The first-order valence-electron chi connectivity index (χ1n) is 5.66. The van der Waals surface area contributed by atoms with Gasteiger partial charge in [0.15, 0.2) is 0 Å². The predicted octanol–water partition coefficient (Wildman–Crippen LogP) is 0.594. The molecule has 102 valence electrons. The van der Waals surface area contributed by atoms with E-state index in [9.17, 15) is 8.42 Å². The third kappa shape index (κ3) is 5.59. The standard InChI is InChI=1S/C12H19NO4S/c1-10-3-5-11(6-4-10)12(17-8-7-14)9-13-18(2,15)16/h3-6,12-14H,7-9H2,1-2H3. The molecule has 1 rings (SSSR count). The van der Waals surface area contributed by atoms with Crippen molar-refractivity contribution >= 4 is 10.0 Å². The number of rotatable bonds is 7. The number of sulfonamides is 1. The van der Waals surface area contributed by atoms with Crippen molar-refractivity contribution in [2.45, 2.75) is 13.0 Å². The second-order valence-electron chi connectivity index (χ2n) is 4.11. The van der Waals surface area contributed by atoms with Gasteiger partial charge in [-0.05, 0) is 12.5 Å². The first kappa shape index (κ1) is 15.1. The topological polar surface area (TPSA) is 75.6 Å². The first-order valence-corrected chi connectivity index (χ1v) is 7.55. The van der Waals surface area contributed by atoms with Crippen molar-refractivity contribution in [3.63, 3.8) is 0 Å². The Morgan fingerprint density at radius 1 is 1.33 bits per heavy atom. The summed E-state index contributed by atoms with van der Waals surface area (Å²) in [5, 5.41) is 8.77. The zero-order chi connectivity index (χ0) is 13.6. The highest BCUT2D eigenvalue weighted by Crippen LogP contribution is 2.17. The van der Waals surface area contributed by atoms with Gasteiger partial charge in [0, 0.05) is 6.54 Å². The molecule has 0 bridgehead atoms. The van der Waals surface area contributed by atoms with Crippen molar-refractivity contribution in [3.05, 3.63) is 35.4 Å². The van der Waals surface area contributed by atoms with Crippen molar-refractivity contribution in [2.75, 3.05) is 26.0 Å². The van der Waals surface area contributed by atoms with Gasteiger partial charge in [-0.15, -0.1) is 0 Å². The van der Waals surface area contributed by atoms with Crippen molar-refractivity contribution in [1.82, 2.24) is 4.72 Å². The Hall–Kier alpha value is -0.950. The van der Waals surface area contributed by atoms with Crippen LogP contribution < -0.4 is 4.72 Å². The van der Waals surface area contributed by atoms with Crippen LogP contribution in [0.5, 0.6) is 0 Å². The van der Waals surface area contributed by atoms with Crippen LogP contribution in [-0.4, -0.2) is 39.5 Å². The molecular formula is C12H19NO4S. The number of hydrogen-bond donors (Lipinski definition) is 2. The molecule has 0 spiro atoms. The van der Waals surface area contributed by atoms with Gasteiger partial charge in [-0.1, -0.05) is 29.8 Å². The molecule has 0 heterocycles. The quantitative estimate of drug-likeness (QED) is 0.762. The Morgan fingerprint density at radius 3 is 2.44 bits per heavy atom. The molecule has 1 aromatic carbocycles. The van der Waals surface area contributed by atoms with E-state index in [4.69, 9.17) is 9.84 Å². The minimum Gasteiger partial charge on any atom is -0.394 e. The maximum Gasteiger partial charge on any atom is 0.208 e. The average molecular weight is 273 g/mol. The third-order valence-electron chi connectivity index (χ3n) is 2.39. The van der Waals surface area contributed by atoms with Crippen LogP contribution in [0.2, 0.25) is 0 Å². The molecule has 0 aromatic heterocycles. The van der Waals surface area contributed by atoms with Crippen LogP contribution in [0, 0.1) is 6.92 Å². The normalized spacial score (nSPS) is 13.5. The lowest BCUT2D eigenvalue weighted by atomic mass is 10.1. The Labute approximate surface area is 108 Å². The van der Waals surface area contributed by atoms with Crippen molar-refractivity contribution in [1.29, 1.82) is 0 Å². The zero-order valence-electron chi connectivity index (χ0n) is 10.6. The lowest BCUT2D eigenvalue weighted by Crippen LogP contribution is -2.29. The molecule has 1 unspecified atom stereocenters. The molecule has 0 aliphatic rings. The maximum atomic E-state index is 11.1. The molecule has 18 heavy (non-hydrogen) atoms. The zero-order valence-corrected chi connectivity index (χ0v) is 11.4. The first-order chi connectivity index (χ1) is 8.42. The predicted molar refractivity (Wildman–Crippen MR) is 69.8 cm³/mol. The number of nitrogens with one attached hydrogen (secondary N) is 1. The monoisotopic (exact) mass is 273 g/mol. The van der Waals surface area contributed by atoms with E-state index in [1.807, 2.05) is 31.2 Å². The van der Waals surface area contributed by atoms with Crippen LogP contribution in [-0.2, 0) is 14.8 Å². The summed E-state index contributed by atoms with van der Waals surface area (Å²) in [5.74, 6) is 0. The molecule has 2 N–H and O–H groups in total.